The van der Waals surface area contributed by atoms with E-state index < -0.39 is 0 Å². The molecule has 30 heavy (non-hydrogen) atoms. The summed E-state index contributed by atoms with van der Waals surface area (Å²) < 4.78 is 0. The quantitative estimate of drug-likeness (QED) is 0.322. The predicted molar refractivity (Wildman–Crippen MR) is 140 cm³/mol. The Kier molecular flexibility index (Phi) is 10.7. The van der Waals surface area contributed by atoms with Gasteiger partial charge in [-0.15, -0.1) is 24.0 Å². The van der Waals surface area contributed by atoms with Gasteiger partial charge in [-0.25, -0.2) is 0 Å². The topological polar surface area (TPSA) is 42.9 Å². The maximum absolute atomic E-state index is 4.43. The molecule has 1 saturated heterocycles. The van der Waals surface area contributed by atoms with Crippen LogP contribution in [0, 0.1) is 0 Å². The van der Waals surface area contributed by atoms with Crippen LogP contribution in [0.4, 0.5) is 5.69 Å². The number of hydrogen-bond donors (Lipinski definition) is 2. The van der Waals surface area contributed by atoms with Crippen molar-refractivity contribution in [1.29, 1.82) is 0 Å². The Hall–Kier alpha value is -1.02. The first-order valence-electron chi connectivity index (χ1n) is 11.6. The summed E-state index contributed by atoms with van der Waals surface area (Å²) in [6.07, 6.45) is 9.18. The van der Waals surface area contributed by atoms with Crippen molar-refractivity contribution in [3.8, 4) is 0 Å². The lowest BCUT2D eigenvalue weighted by atomic mass is 9.94. The van der Waals surface area contributed by atoms with Gasteiger partial charge in [-0.05, 0) is 57.2 Å². The van der Waals surface area contributed by atoms with Gasteiger partial charge in [0.1, 0.15) is 0 Å². The van der Waals surface area contributed by atoms with E-state index in [0.29, 0.717) is 18.1 Å². The van der Waals surface area contributed by atoms with Crippen molar-refractivity contribution in [2.24, 2.45) is 4.99 Å². The zero-order chi connectivity index (χ0) is 20.6. The zero-order valence-electron chi connectivity index (χ0n) is 19.4. The molecule has 3 rings (SSSR count). The normalized spacial score (nSPS) is 19.4. The van der Waals surface area contributed by atoms with Gasteiger partial charge in [-0.2, -0.15) is 0 Å². The van der Waals surface area contributed by atoms with E-state index in [1.807, 2.05) is 7.05 Å². The number of benzene rings is 1. The molecule has 0 spiro atoms. The molecular formula is C24H42IN5. The summed E-state index contributed by atoms with van der Waals surface area (Å²) in [5.41, 5.74) is 2.63. The van der Waals surface area contributed by atoms with E-state index in [2.05, 4.69) is 70.6 Å². The fraction of sp³-hybridized carbons (Fsp3) is 0.708. The van der Waals surface area contributed by atoms with E-state index in [-0.39, 0.29) is 24.0 Å². The van der Waals surface area contributed by atoms with Gasteiger partial charge >= 0.3 is 0 Å². The minimum Gasteiger partial charge on any atom is -0.372 e. The molecule has 1 heterocycles. The van der Waals surface area contributed by atoms with Gasteiger partial charge in [0.05, 0.1) is 0 Å². The standard InChI is InChI=1S/C24H41N5.HI/c1-19(2)29-16-14-21(15-17-29)27-24(25-3)26-18-20-10-12-23(13-11-20)28(4)22-8-6-5-7-9-22;/h10-13,19,21-22H,5-9,14-18H2,1-4H3,(H2,25,26,27);1H. The Morgan fingerprint density at radius 2 is 1.70 bits per heavy atom. The molecule has 1 aromatic carbocycles. The van der Waals surface area contributed by atoms with Crippen LogP contribution in [0.1, 0.15) is 64.4 Å². The van der Waals surface area contributed by atoms with Crippen molar-refractivity contribution >= 4 is 35.6 Å². The second-order valence-corrected chi connectivity index (χ2v) is 9.04. The maximum Gasteiger partial charge on any atom is 0.191 e. The highest BCUT2D eigenvalue weighted by Gasteiger charge is 2.21. The number of nitrogens with one attached hydrogen (secondary N) is 2. The summed E-state index contributed by atoms with van der Waals surface area (Å²) in [5, 5.41) is 7.10. The summed E-state index contributed by atoms with van der Waals surface area (Å²) in [6, 6.07) is 10.9. The van der Waals surface area contributed by atoms with Crippen LogP contribution >= 0.6 is 24.0 Å². The molecule has 0 atom stereocenters. The third-order valence-corrected chi connectivity index (χ3v) is 6.75. The fourth-order valence-corrected chi connectivity index (χ4v) is 4.66. The molecule has 6 heteroatoms. The minimum atomic E-state index is 0. The van der Waals surface area contributed by atoms with Gasteiger partial charge < -0.3 is 20.4 Å². The van der Waals surface area contributed by atoms with Crippen molar-refractivity contribution < 1.29 is 0 Å². The number of aliphatic imine (C=N–C) groups is 1. The van der Waals surface area contributed by atoms with Gasteiger partial charge in [0.2, 0.25) is 0 Å². The first-order chi connectivity index (χ1) is 14.1. The molecule has 0 radical (unpaired) electrons. The number of anilines is 1. The maximum atomic E-state index is 4.43. The van der Waals surface area contributed by atoms with Crippen LogP contribution < -0.4 is 15.5 Å². The number of guanidine groups is 1. The van der Waals surface area contributed by atoms with Crippen LogP contribution in [-0.4, -0.2) is 56.2 Å². The Balaban J connectivity index is 0.00000320. The van der Waals surface area contributed by atoms with E-state index in [9.17, 15) is 0 Å². The molecule has 2 fully saturated rings. The van der Waals surface area contributed by atoms with Gasteiger partial charge in [0.15, 0.2) is 5.96 Å². The van der Waals surface area contributed by atoms with E-state index in [1.165, 1.54) is 69.3 Å². The molecule has 0 aromatic heterocycles. The van der Waals surface area contributed by atoms with Crippen LogP contribution in [0.25, 0.3) is 0 Å². The molecule has 1 aromatic rings. The third kappa shape index (κ3) is 7.29. The fourth-order valence-electron chi connectivity index (χ4n) is 4.66. The molecule has 170 valence electrons. The highest BCUT2D eigenvalue weighted by molar-refractivity contribution is 14.0. The van der Waals surface area contributed by atoms with Gasteiger partial charge in [0.25, 0.3) is 0 Å². The Labute approximate surface area is 201 Å². The van der Waals surface area contributed by atoms with E-state index in [1.54, 1.807) is 0 Å². The second-order valence-electron chi connectivity index (χ2n) is 9.04. The molecule has 0 amide bonds. The average Bonchev–Trinajstić information content (AvgIpc) is 2.77. The summed E-state index contributed by atoms with van der Waals surface area (Å²) in [6.45, 7) is 7.71. The van der Waals surface area contributed by atoms with Gasteiger partial charge in [-0.1, -0.05) is 31.4 Å². The molecule has 2 aliphatic rings. The number of hydrogen-bond acceptors (Lipinski definition) is 3. The highest BCUT2D eigenvalue weighted by atomic mass is 127. The van der Waals surface area contributed by atoms with E-state index >= 15 is 0 Å². The van der Waals surface area contributed by atoms with Crippen molar-refractivity contribution in [2.75, 3.05) is 32.1 Å². The SMILES string of the molecule is CN=C(NCc1ccc(N(C)C2CCCCC2)cc1)NC1CCN(C(C)C)CC1.I. The summed E-state index contributed by atoms with van der Waals surface area (Å²) in [7, 11) is 4.11. The van der Waals surface area contributed by atoms with Crippen molar-refractivity contribution in [3.05, 3.63) is 29.8 Å². The second kappa shape index (κ2) is 12.7. The molecule has 1 aliphatic carbocycles. The lowest BCUT2D eigenvalue weighted by molar-refractivity contribution is 0.167. The van der Waals surface area contributed by atoms with E-state index in [4.69, 9.17) is 0 Å². The summed E-state index contributed by atoms with van der Waals surface area (Å²) in [5.74, 6) is 0.913. The predicted octanol–water partition coefficient (Wildman–Crippen LogP) is 4.61. The Bertz CT molecular complexity index is 632. The van der Waals surface area contributed by atoms with Crippen molar-refractivity contribution in [3.63, 3.8) is 0 Å². The zero-order valence-corrected chi connectivity index (χ0v) is 21.7. The Morgan fingerprint density at radius 1 is 1.07 bits per heavy atom. The smallest absolute Gasteiger partial charge is 0.191 e. The lowest BCUT2D eigenvalue weighted by Crippen LogP contribution is -2.49. The number of nitrogens with zero attached hydrogens (tertiary/aromatic N) is 3. The number of rotatable bonds is 6. The molecular weight excluding hydrogens is 485 g/mol. The van der Waals surface area contributed by atoms with Crippen LogP contribution in [0.5, 0.6) is 0 Å². The molecule has 1 saturated carbocycles. The molecule has 1 aliphatic heterocycles. The van der Waals surface area contributed by atoms with Crippen molar-refractivity contribution in [2.45, 2.75) is 83.5 Å². The molecule has 5 nitrogen and oxygen atoms in total. The first kappa shape index (κ1) is 25.2. The van der Waals surface area contributed by atoms with Gasteiger partial charge in [0, 0.05) is 57.5 Å². The summed E-state index contributed by atoms with van der Waals surface area (Å²) >= 11 is 0. The average molecular weight is 528 g/mol. The summed E-state index contributed by atoms with van der Waals surface area (Å²) in [4.78, 5) is 9.46. The van der Waals surface area contributed by atoms with Crippen molar-refractivity contribution in [1.82, 2.24) is 15.5 Å². The number of halogens is 1. The van der Waals surface area contributed by atoms with Crippen LogP contribution in [0.3, 0.4) is 0 Å². The minimum absolute atomic E-state index is 0. The third-order valence-electron chi connectivity index (χ3n) is 6.75. The Morgan fingerprint density at radius 3 is 2.27 bits per heavy atom. The number of piperidine rings is 1. The van der Waals surface area contributed by atoms with Gasteiger partial charge in [-0.3, -0.25) is 4.99 Å². The van der Waals surface area contributed by atoms with Crippen LogP contribution in [-0.2, 0) is 6.54 Å². The van der Waals surface area contributed by atoms with Crippen LogP contribution in [0.15, 0.2) is 29.3 Å². The number of likely N-dealkylation sites (tertiary alicyclic amines) is 1. The van der Waals surface area contributed by atoms with E-state index in [0.717, 1.165) is 12.5 Å². The van der Waals surface area contributed by atoms with Crippen LogP contribution in [0.2, 0.25) is 0 Å². The monoisotopic (exact) mass is 527 g/mol. The highest BCUT2D eigenvalue weighted by Crippen LogP contribution is 2.26. The molecule has 2 N–H and O–H groups in total. The molecule has 0 unspecified atom stereocenters. The lowest BCUT2D eigenvalue weighted by Gasteiger charge is -2.35. The first-order valence-corrected chi connectivity index (χ1v) is 11.6. The molecule has 0 bridgehead atoms. The largest absolute Gasteiger partial charge is 0.372 e.